The average molecular weight is 584 g/mol. The van der Waals surface area contributed by atoms with Crippen molar-refractivity contribution in [2.24, 2.45) is 23.2 Å². The molecule has 0 saturated carbocycles. The molecule has 0 aromatic rings. The second-order valence-corrected chi connectivity index (χ2v) is 15.1. The Morgan fingerprint density at radius 3 is 2.29 bits per heavy atom. The van der Waals surface area contributed by atoms with Crippen LogP contribution in [0.4, 0.5) is 0 Å². The highest BCUT2D eigenvalue weighted by atomic mass is 16.7. The molecule has 41 heavy (non-hydrogen) atoms. The first-order valence-electron chi connectivity index (χ1n) is 16.4. The van der Waals surface area contributed by atoms with Gasteiger partial charge in [-0.15, -0.1) is 0 Å². The average Bonchev–Trinajstić information content (AvgIpc) is 2.90. The van der Waals surface area contributed by atoms with Crippen molar-refractivity contribution in [3.63, 3.8) is 0 Å². The summed E-state index contributed by atoms with van der Waals surface area (Å²) in [6, 6.07) is 0.405. The van der Waals surface area contributed by atoms with Crippen molar-refractivity contribution < 1.29 is 24.1 Å². The summed E-state index contributed by atoms with van der Waals surface area (Å²) in [5.41, 5.74) is -0.570. The van der Waals surface area contributed by atoms with E-state index in [4.69, 9.17) is 18.9 Å². The lowest BCUT2D eigenvalue weighted by molar-refractivity contribution is -0.298. The van der Waals surface area contributed by atoms with Crippen LogP contribution >= 0.6 is 0 Å². The van der Waals surface area contributed by atoms with E-state index in [1.54, 1.807) is 0 Å². The summed E-state index contributed by atoms with van der Waals surface area (Å²) in [5, 5.41) is 11.3. The van der Waals surface area contributed by atoms with Gasteiger partial charge in [-0.2, -0.15) is 0 Å². The Balaban J connectivity index is 1.86. The molecule has 8 nitrogen and oxygen atoms in total. The highest BCUT2D eigenvalue weighted by Gasteiger charge is 2.47. The Morgan fingerprint density at radius 2 is 1.71 bits per heavy atom. The summed E-state index contributed by atoms with van der Waals surface area (Å²) in [4.78, 5) is 7.22. The van der Waals surface area contributed by atoms with Crippen molar-refractivity contribution in [3.8, 4) is 0 Å². The van der Waals surface area contributed by atoms with Crippen molar-refractivity contribution in [2.75, 3.05) is 67.6 Å². The molecule has 0 aromatic heterocycles. The number of likely N-dealkylation sites (N-methyl/N-ethyl adjacent to an activating group) is 2. The summed E-state index contributed by atoms with van der Waals surface area (Å²) in [7, 11) is 8.15. The van der Waals surface area contributed by atoms with Crippen molar-refractivity contribution >= 4 is 0 Å². The first kappa shape index (κ1) is 35.2. The van der Waals surface area contributed by atoms with E-state index < -0.39 is 18.0 Å². The third kappa shape index (κ3) is 9.34. The lowest BCUT2D eigenvalue weighted by atomic mass is 9.75. The molecule has 0 amide bonds. The number of ether oxygens (including phenoxy) is 4. The molecule has 9 atom stereocenters. The van der Waals surface area contributed by atoms with Gasteiger partial charge in [0.1, 0.15) is 6.10 Å². The van der Waals surface area contributed by atoms with E-state index in [0.717, 1.165) is 39.0 Å². The van der Waals surface area contributed by atoms with Crippen LogP contribution in [0, 0.1) is 23.2 Å². The Labute approximate surface area is 252 Å². The summed E-state index contributed by atoms with van der Waals surface area (Å²) in [5.74, 6) is 1.22. The molecule has 3 heterocycles. The fourth-order valence-electron chi connectivity index (χ4n) is 8.15. The molecule has 3 aliphatic heterocycles. The third-order valence-electron chi connectivity index (χ3n) is 10.3. The van der Waals surface area contributed by atoms with Gasteiger partial charge in [-0.05, 0) is 110 Å². The van der Waals surface area contributed by atoms with Gasteiger partial charge < -0.3 is 38.8 Å². The molecule has 3 aliphatic rings. The van der Waals surface area contributed by atoms with Crippen molar-refractivity contribution in [3.05, 3.63) is 0 Å². The zero-order valence-electron chi connectivity index (χ0n) is 28.4. The maximum Gasteiger partial charge on any atom is 0.185 e. The molecule has 1 N–H and O–H groups in total. The zero-order valence-corrected chi connectivity index (χ0v) is 28.4. The molecule has 0 spiro atoms. The van der Waals surface area contributed by atoms with Crippen molar-refractivity contribution in [1.29, 1.82) is 0 Å². The maximum atomic E-state index is 11.3. The van der Waals surface area contributed by atoms with Crippen LogP contribution in [0.2, 0.25) is 0 Å². The van der Waals surface area contributed by atoms with E-state index in [1.807, 2.05) is 21.2 Å². The molecule has 3 rings (SSSR count). The molecule has 0 bridgehead atoms. The lowest BCUT2D eigenvalue weighted by Gasteiger charge is -2.47. The molecule has 0 aliphatic carbocycles. The van der Waals surface area contributed by atoms with Gasteiger partial charge in [-0.1, -0.05) is 34.6 Å². The van der Waals surface area contributed by atoms with Gasteiger partial charge in [0.05, 0.1) is 31.0 Å². The quantitative estimate of drug-likeness (QED) is 0.496. The maximum absolute atomic E-state index is 11.3. The minimum atomic E-state index is -0.723. The number of methoxy groups -OCH3 is 1. The molecular weight excluding hydrogens is 518 g/mol. The van der Waals surface area contributed by atoms with Gasteiger partial charge in [0.25, 0.3) is 0 Å². The number of aliphatic hydroxyl groups is 1. The second-order valence-electron chi connectivity index (χ2n) is 15.1. The standard InChI is InChI=1S/C33H65N3O5/c1-12-36-15-13-26(14-16-36)28-21-39-22-32(5,6)19-24(3)30(33(7,38-11)18-23(2)20-35(28)10)41-31-29(37)27(34(8)9)17-25(4)40-31/h23-31,37H,12-22H2,1-11H3/t23-,24-,25-,27+,28+,29-,30-,31+,33-/m1/s1. The topological polar surface area (TPSA) is 66.9 Å². The summed E-state index contributed by atoms with van der Waals surface area (Å²) in [6.07, 6.45) is 3.39. The number of piperidine rings is 1. The first-order valence-corrected chi connectivity index (χ1v) is 16.4. The second kappa shape index (κ2) is 15.1. The molecule has 8 heteroatoms. The van der Waals surface area contributed by atoms with E-state index in [1.165, 1.54) is 25.9 Å². The number of aliphatic hydroxyl groups excluding tert-OH is 1. The van der Waals surface area contributed by atoms with E-state index in [-0.39, 0.29) is 29.6 Å². The number of nitrogens with zero attached hydrogens (tertiary/aromatic N) is 3. The van der Waals surface area contributed by atoms with Gasteiger partial charge in [0, 0.05) is 25.7 Å². The fourth-order valence-corrected chi connectivity index (χ4v) is 8.15. The van der Waals surface area contributed by atoms with Crippen LogP contribution in [0.15, 0.2) is 0 Å². The van der Waals surface area contributed by atoms with Gasteiger partial charge in [0.15, 0.2) is 6.29 Å². The van der Waals surface area contributed by atoms with E-state index in [0.29, 0.717) is 24.5 Å². The Hall–Kier alpha value is -0.320. The van der Waals surface area contributed by atoms with Crippen LogP contribution in [0.1, 0.15) is 80.6 Å². The number of hydrogen-bond donors (Lipinski definition) is 1. The number of likely N-dealkylation sites (tertiary alicyclic amines) is 1. The predicted octanol–water partition coefficient (Wildman–Crippen LogP) is 4.34. The van der Waals surface area contributed by atoms with Crippen LogP contribution in [0.5, 0.6) is 0 Å². The van der Waals surface area contributed by atoms with Gasteiger partial charge in [0.2, 0.25) is 0 Å². The van der Waals surface area contributed by atoms with E-state index >= 15 is 0 Å². The minimum absolute atomic E-state index is 0.00760. The number of rotatable bonds is 6. The number of hydrogen-bond acceptors (Lipinski definition) is 8. The fraction of sp³-hybridized carbons (Fsp3) is 1.00. The highest BCUT2D eigenvalue weighted by molar-refractivity contribution is 4.95. The van der Waals surface area contributed by atoms with Crippen molar-refractivity contribution in [1.82, 2.24) is 14.7 Å². The third-order valence-corrected chi connectivity index (χ3v) is 10.3. The van der Waals surface area contributed by atoms with Gasteiger partial charge >= 0.3 is 0 Å². The molecule has 0 unspecified atom stereocenters. The van der Waals surface area contributed by atoms with E-state index in [9.17, 15) is 5.11 Å². The summed E-state index contributed by atoms with van der Waals surface area (Å²) >= 11 is 0. The summed E-state index contributed by atoms with van der Waals surface area (Å²) < 4.78 is 26.1. The largest absolute Gasteiger partial charge is 0.386 e. The van der Waals surface area contributed by atoms with Gasteiger partial charge in [-0.3, -0.25) is 0 Å². The monoisotopic (exact) mass is 583 g/mol. The Morgan fingerprint density at radius 1 is 1.05 bits per heavy atom. The molecular formula is C33H65N3O5. The molecule has 242 valence electrons. The molecule has 3 fully saturated rings. The van der Waals surface area contributed by atoms with Crippen LogP contribution in [-0.4, -0.2) is 130 Å². The zero-order chi connectivity index (χ0) is 30.5. The molecule has 0 radical (unpaired) electrons. The van der Waals surface area contributed by atoms with Gasteiger partial charge in [-0.25, -0.2) is 0 Å². The first-order chi connectivity index (χ1) is 19.2. The molecule has 0 aromatic carbocycles. The SMILES string of the molecule is CCN1CCC([C@@H]2COCC(C)(C)C[C@@H](C)[C@@H](O[C@@H]3O[C@H](C)C[C@H](N(C)C)[C@H]3O)[C@](C)(OC)C[C@@H](C)CN2C)CC1. The lowest BCUT2D eigenvalue weighted by Crippen LogP contribution is -2.58. The van der Waals surface area contributed by atoms with Crippen LogP contribution in [0.25, 0.3) is 0 Å². The van der Waals surface area contributed by atoms with Crippen LogP contribution in [-0.2, 0) is 18.9 Å². The van der Waals surface area contributed by atoms with Crippen molar-refractivity contribution in [2.45, 2.75) is 123 Å². The van der Waals surface area contributed by atoms with Crippen LogP contribution in [0.3, 0.4) is 0 Å². The molecule has 3 saturated heterocycles. The van der Waals surface area contributed by atoms with E-state index in [2.05, 4.69) is 70.2 Å². The minimum Gasteiger partial charge on any atom is -0.386 e. The normalized spacial score (nSPS) is 41.5. The predicted molar refractivity (Wildman–Crippen MR) is 166 cm³/mol. The Kier molecular flexibility index (Phi) is 13.0. The highest BCUT2D eigenvalue weighted by Crippen LogP contribution is 2.39. The summed E-state index contributed by atoms with van der Waals surface area (Å²) in [6.45, 7) is 21.8. The van der Waals surface area contributed by atoms with Crippen LogP contribution < -0.4 is 0 Å². The smallest absolute Gasteiger partial charge is 0.185 e. The Bertz CT molecular complexity index is 776.